The maximum atomic E-state index is 5.98. The Labute approximate surface area is 218 Å². The number of fused-ring (bicyclic) bond motifs is 1. The van der Waals surface area contributed by atoms with Gasteiger partial charge in [-0.2, -0.15) is 0 Å². The quantitative estimate of drug-likeness (QED) is 0.315. The van der Waals surface area contributed by atoms with Gasteiger partial charge in [-0.05, 0) is 68.8 Å². The third-order valence-corrected chi connectivity index (χ3v) is 8.03. The minimum Gasteiger partial charge on any atom is -0.378 e. The molecule has 1 unspecified atom stereocenters. The molecule has 2 saturated heterocycles. The van der Waals surface area contributed by atoms with E-state index in [-0.39, 0.29) is 0 Å². The predicted molar refractivity (Wildman–Crippen MR) is 145 cm³/mol. The van der Waals surface area contributed by atoms with Gasteiger partial charge in [0, 0.05) is 48.5 Å². The van der Waals surface area contributed by atoms with Crippen molar-refractivity contribution in [1.82, 2.24) is 19.9 Å². The molecule has 5 heterocycles. The van der Waals surface area contributed by atoms with Crippen LogP contribution in [0.5, 0.6) is 0 Å². The lowest BCUT2D eigenvalue weighted by molar-refractivity contribution is 0.122. The molecular weight excluding hydrogens is 464 g/mol. The number of anilines is 2. The molecule has 37 heavy (non-hydrogen) atoms. The lowest BCUT2D eigenvalue weighted by Gasteiger charge is -2.28. The fourth-order valence-corrected chi connectivity index (χ4v) is 5.67. The van der Waals surface area contributed by atoms with E-state index in [1.165, 1.54) is 25.9 Å². The van der Waals surface area contributed by atoms with E-state index in [2.05, 4.69) is 55.0 Å². The Morgan fingerprint density at radius 3 is 2.76 bits per heavy atom. The summed E-state index contributed by atoms with van der Waals surface area (Å²) in [6, 6.07) is 6.09. The Kier molecular flexibility index (Phi) is 6.68. The van der Waals surface area contributed by atoms with Gasteiger partial charge < -0.3 is 24.6 Å². The zero-order chi connectivity index (χ0) is 25.2. The summed E-state index contributed by atoms with van der Waals surface area (Å²) < 4.78 is 11.4. The van der Waals surface area contributed by atoms with E-state index >= 15 is 0 Å². The van der Waals surface area contributed by atoms with Crippen LogP contribution in [0.15, 0.2) is 36.8 Å². The van der Waals surface area contributed by atoms with Crippen molar-refractivity contribution < 1.29 is 9.47 Å². The third kappa shape index (κ3) is 5.26. The number of rotatable bonds is 6. The molecule has 1 saturated carbocycles. The van der Waals surface area contributed by atoms with Crippen LogP contribution in [-0.4, -0.2) is 79.6 Å². The molecule has 0 bridgehead atoms. The summed E-state index contributed by atoms with van der Waals surface area (Å²) in [5.41, 5.74) is 4.15. The van der Waals surface area contributed by atoms with Gasteiger partial charge in [0.05, 0.1) is 37.3 Å². The van der Waals surface area contributed by atoms with Crippen molar-refractivity contribution in [3.8, 4) is 11.8 Å². The monoisotopic (exact) mass is 498 g/mol. The smallest absolute Gasteiger partial charge is 0.128 e. The molecule has 3 aliphatic rings. The molecular formula is C29H34N6O2. The molecule has 8 nitrogen and oxygen atoms in total. The molecule has 2 atom stereocenters. The highest BCUT2D eigenvalue weighted by atomic mass is 16.5. The normalized spacial score (nSPS) is 23.3. The average Bonchev–Trinajstić information content (AvgIpc) is 3.47. The molecule has 6 rings (SSSR count). The second kappa shape index (κ2) is 10.3. The minimum atomic E-state index is 0.450. The van der Waals surface area contributed by atoms with Crippen molar-refractivity contribution in [2.24, 2.45) is 11.3 Å². The second-order valence-electron chi connectivity index (χ2n) is 10.6. The van der Waals surface area contributed by atoms with Crippen molar-refractivity contribution >= 4 is 22.3 Å². The summed E-state index contributed by atoms with van der Waals surface area (Å²) in [5.74, 6) is 7.96. The molecule has 1 aliphatic carbocycles. The van der Waals surface area contributed by atoms with Crippen LogP contribution in [0.3, 0.4) is 0 Å². The van der Waals surface area contributed by atoms with Gasteiger partial charge in [0.25, 0.3) is 0 Å². The van der Waals surface area contributed by atoms with Gasteiger partial charge in [-0.1, -0.05) is 5.92 Å². The van der Waals surface area contributed by atoms with E-state index in [0.29, 0.717) is 18.1 Å². The third-order valence-electron chi connectivity index (χ3n) is 8.03. The van der Waals surface area contributed by atoms with Crippen LogP contribution in [0.4, 0.5) is 11.5 Å². The first-order valence-corrected chi connectivity index (χ1v) is 13.2. The maximum absolute atomic E-state index is 5.98. The number of pyridine rings is 3. The van der Waals surface area contributed by atoms with Crippen molar-refractivity contribution in [3.63, 3.8) is 0 Å². The van der Waals surface area contributed by atoms with Crippen molar-refractivity contribution in [3.05, 3.63) is 53.7 Å². The number of nitrogens with one attached hydrogen (secondary N) is 1. The summed E-state index contributed by atoms with van der Waals surface area (Å²) >= 11 is 0. The van der Waals surface area contributed by atoms with Crippen molar-refractivity contribution in [2.75, 3.05) is 70.0 Å². The van der Waals surface area contributed by atoms with Gasteiger partial charge in [-0.3, -0.25) is 4.98 Å². The van der Waals surface area contributed by atoms with Crippen molar-refractivity contribution in [2.45, 2.75) is 19.8 Å². The van der Waals surface area contributed by atoms with Crippen LogP contribution in [0.1, 0.15) is 29.8 Å². The van der Waals surface area contributed by atoms with Gasteiger partial charge in [0.1, 0.15) is 18.2 Å². The van der Waals surface area contributed by atoms with E-state index in [1.54, 1.807) is 0 Å². The molecule has 0 amide bonds. The van der Waals surface area contributed by atoms with Gasteiger partial charge in [0.2, 0.25) is 0 Å². The first-order chi connectivity index (χ1) is 18.1. The van der Waals surface area contributed by atoms with E-state index < -0.39 is 0 Å². The average molecular weight is 499 g/mol. The molecule has 8 heteroatoms. The largest absolute Gasteiger partial charge is 0.378 e. The molecule has 0 aromatic carbocycles. The highest BCUT2D eigenvalue weighted by Gasteiger charge is 2.56. The summed E-state index contributed by atoms with van der Waals surface area (Å²) in [6.07, 6.45) is 8.19. The maximum Gasteiger partial charge on any atom is 0.128 e. The zero-order valence-corrected chi connectivity index (χ0v) is 21.7. The Bertz CT molecular complexity index is 1330. The van der Waals surface area contributed by atoms with Crippen LogP contribution in [0.2, 0.25) is 0 Å². The van der Waals surface area contributed by atoms with Crippen LogP contribution in [0.25, 0.3) is 10.8 Å². The number of ether oxygens (including phenoxy) is 2. The number of hydrogen-bond acceptors (Lipinski definition) is 8. The highest BCUT2D eigenvalue weighted by Crippen LogP contribution is 2.58. The van der Waals surface area contributed by atoms with E-state index in [0.717, 1.165) is 72.1 Å². The Morgan fingerprint density at radius 1 is 1.08 bits per heavy atom. The lowest BCUT2D eigenvalue weighted by atomic mass is 10.0. The molecule has 192 valence electrons. The molecule has 2 aliphatic heterocycles. The van der Waals surface area contributed by atoms with E-state index in [1.807, 2.05) is 37.6 Å². The summed E-state index contributed by atoms with van der Waals surface area (Å²) in [7, 11) is 2.21. The molecule has 3 aromatic rings. The Hall–Kier alpha value is -3.25. The SMILES string of the molecule is Cc1ncc(C#Cc2ccc(N3CCOCC3)cn2)c2cc(NCOCC3C[C@@]34CCN(C)C4)ncc12. The Morgan fingerprint density at radius 2 is 1.97 bits per heavy atom. The molecule has 3 fully saturated rings. The fraction of sp³-hybridized carbons (Fsp3) is 0.483. The van der Waals surface area contributed by atoms with Gasteiger partial charge in [-0.15, -0.1) is 0 Å². The minimum absolute atomic E-state index is 0.450. The summed E-state index contributed by atoms with van der Waals surface area (Å²) in [4.78, 5) is 18.4. The van der Waals surface area contributed by atoms with E-state index in [9.17, 15) is 0 Å². The topological polar surface area (TPSA) is 75.6 Å². The summed E-state index contributed by atoms with van der Waals surface area (Å²) in [6.45, 7) is 8.98. The van der Waals surface area contributed by atoms with Gasteiger partial charge in [0.15, 0.2) is 0 Å². The van der Waals surface area contributed by atoms with Crippen molar-refractivity contribution in [1.29, 1.82) is 0 Å². The zero-order valence-electron chi connectivity index (χ0n) is 21.7. The van der Waals surface area contributed by atoms with Crippen LogP contribution >= 0.6 is 0 Å². The predicted octanol–water partition coefficient (Wildman–Crippen LogP) is 3.30. The van der Waals surface area contributed by atoms with Gasteiger partial charge >= 0.3 is 0 Å². The van der Waals surface area contributed by atoms with Gasteiger partial charge in [-0.25, -0.2) is 9.97 Å². The standard InChI is InChI=1S/C29H34N6O2/c1-21-27-17-32-28(33-20-37-18-23-14-29(23)7-8-34(2)19-29)13-26(27)22(15-30-21)3-4-24-5-6-25(16-31-24)35-9-11-36-12-10-35/h5-6,13,15-17,23H,7-12,14,18-20H2,1-2H3,(H,32,33)/t23?,29-/m1/s1. The number of aryl methyl sites for hydroxylation is 1. The molecule has 3 aromatic heterocycles. The van der Waals surface area contributed by atoms with Crippen LogP contribution in [0, 0.1) is 30.1 Å². The lowest BCUT2D eigenvalue weighted by Crippen LogP contribution is -2.36. The number of aromatic nitrogens is 3. The molecule has 1 spiro atoms. The Balaban J connectivity index is 1.11. The highest BCUT2D eigenvalue weighted by molar-refractivity contribution is 5.90. The van der Waals surface area contributed by atoms with Crippen LogP contribution in [-0.2, 0) is 9.47 Å². The first-order valence-electron chi connectivity index (χ1n) is 13.2. The second-order valence-corrected chi connectivity index (χ2v) is 10.6. The number of nitrogens with zero attached hydrogens (tertiary/aromatic N) is 5. The number of hydrogen-bond donors (Lipinski definition) is 1. The molecule has 1 N–H and O–H groups in total. The number of morpholine rings is 1. The molecule has 0 radical (unpaired) electrons. The summed E-state index contributed by atoms with van der Waals surface area (Å²) in [5, 5.41) is 5.35. The fourth-order valence-electron chi connectivity index (χ4n) is 5.67. The van der Waals surface area contributed by atoms with Crippen LogP contribution < -0.4 is 10.2 Å². The first kappa shape index (κ1) is 24.1. The number of likely N-dealkylation sites (tertiary alicyclic amines) is 1. The van der Waals surface area contributed by atoms with E-state index in [4.69, 9.17) is 9.47 Å².